The molecule has 2 aromatic rings. The minimum atomic E-state index is 0.798. The van der Waals surface area contributed by atoms with Crippen LogP contribution in [-0.2, 0) is 0 Å². The predicted octanol–water partition coefficient (Wildman–Crippen LogP) is 2.25. The standard InChI is InChI=1S/C9H10N4S2/c1-7-11-12-9(14-2)13(7)10-6-8-4-3-5-15-8/h3-6H,1-2H3/b10-6-. The number of rotatable bonds is 3. The number of thiophene rings is 1. The second-order valence-corrected chi connectivity index (χ2v) is 4.56. The van der Waals surface area contributed by atoms with Crippen molar-refractivity contribution in [3.63, 3.8) is 0 Å². The Morgan fingerprint density at radius 1 is 1.53 bits per heavy atom. The summed E-state index contributed by atoms with van der Waals surface area (Å²) in [7, 11) is 0. The Balaban J connectivity index is 2.27. The molecule has 78 valence electrons. The quantitative estimate of drug-likeness (QED) is 0.608. The van der Waals surface area contributed by atoms with Crippen molar-refractivity contribution in [2.75, 3.05) is 6.26 Å². The van der Waals surface area contributed by atoms with Crippen molar-refractivity contribution in [2.45, 2.75) is 12.1 Å². The van der Waals surface area contributed by atoms with E-state index in [9.17, 15) is 0 Å². The van der Waals surface area contributed by atoms with Gasteiger partial charge in [0.25, 0.3) is 0 Å². The number of aromatic nitrogens is 3. The van der Waals surface area contributed by atoms with Gasteiger partial charge in [-0.25, -0.2) is 0 Å². The van der Waals surface area contributed by atoms with Crippen molar-refractivity contribution in [3.05, 3.63) is 28.2 Å². The molecule has 4 nitrogen and oxygen atoms in total. The highest BCUT2D eigenvalue weighted by Crippen LogP contribution is 2.13. The highest BCUT2D eigenvalue weighted by atomic mass is 32.2. The Morgan fingerprint density at radius 2 is 2.40 bits per heavy atom. The molecular weight excluding hydrogens is 228 g/mol. The molecule has 0 aliphatic carbocycles. The summed E-state index contributed by atoms with van der Waals surface area (Å²) < 4.78 is 1.74. The third-order valence-corrected chi connectivity index (χ3v) is 3.22. The lowest BCUT2D eigenvalue weighted by Crippen LogP contribution is -1.94. The highest BCUT2D eigenvalue weighted by molar-refractivity contribution is 7.98. The summed E-state index contributed by atoms with van der Waals surface area (Å²) in [5, 5.41) is 15.1. The van der Waals surface area contributed by atoms with E-state index in [0.29, 0.717) is 0 Å². The molecule has 0 radical (unpaired) electrons. The van der Waals surface area contributed by atoms with Gasteiger partial charge in [-0.15, -0.1) is 21.5 Å². The third-order valence-electron chi connectivity index (χ3n) is 1.79. The fraction of sp³-hybridized carbons (Fsp3) is 0.222. The van der Waals surface area contributed by atoms with Gasteiger partial charge in [-0.2, -0.15) is 9.78 Å². The van der Waals surface area contributed by atoms with E-state index in [2.05, 4.69) is 15.3 Å². The van der Waals surface area contributed by atoms with Crippen LogP contribution in [0.3, 0.4) is 0 Å². The summed E-state index contributed by atoms with van der Waals surface area (Å²) >= 11 is 3.19. The van der Waals surface area contributed by atoms with Gasteiger partial charge >= 0.3 is 0 Å². The zero-order valence-electron chi connectivity index (χ0n) is 8.41. The van der Waals surface area contributed by atoms with Gasteiger partial charge in [0.05, 0.1) is 6.21 Å². The van der Waals surface area contributed by atoms with Crippen molar-refractivity contribution in [2.24, 2.45) is 5.10 Å². The molecule has 0 aliphatic rings. The second-order valence-electron chi connectivity index (χ2n) is 2.81. The monoisotopic (exact) mass is 238 g/mol. The molecule has 0 atom stereocenters. The first-order valence-corrected chi connectivity index (χ1v) is 6.45. The van der Waals surface area contributed by atoms with Crippen LogP contribution in [0.1, 0.15) is 10.7 Å². The third kappa shape index (κ3) is 2.27. The number of thioether (sulfide) groups is 1. The Morgan fingerprint density at radius 3 is 3.07 bits per heavy atom. The fourth-order valence-corrected chi connectivity index (χ4v) is 2.13. The molecule has 0 N–H and O–H groups in total. The number of hydrogen-bond acceptors (Lipinski definition) is 5. The molecule has 0 unspecified atom stereocenters. The van der Waals surface area contributed by atoms with Gasteiger partial charge in [0.15, 0.2) is 5.82 Å². The number of aryl methyl sites for hydroxylation is 1. The molecule has 2 heterocycles. The van der Waals surface area contributed by atoms with Gasteiger partial charge in [0.1, 0.15) is 0 Å². The Kier molecular flexibility index (Phi) is 3.17. The molecule has 6 heteroatoms. The van der Waals surface area contributed by atoms with Crippen molar-refractivity contribution in [3.8, 4) is 0 Å². The predicted molar refractivity (Wildman–Crippen MR) is 63.9 cm³/mol. The lowest BCUT2D eigenvalue weighted by molar-refractivity contribution is 0.745. The zero-order valence-corrected chi connectivity index (χ0v) is 10.0. The van der Waals surface area contributed by atoms with Crippen molar-refractivity contribution in [1.82, 2.24) is 14.9 Å². The molecule has 0 bridgehead atoms. The van der Waals surface area contributed by atoms with Crippen LogP contribution in [0.4, 0.5) is 0 Å². The van der Waals surface area contributed by atoms with E-state index in [1.54, 1.807) is 16.0 Å². The van der Waals surface area contributed by atoms with Gasteiger partial charge < -0.3 is 0 Å². The maximum absolute atomic E-state index is 4.34. The van der Waals surface area contributed by atoms with Crippen molar-refractivity contribution in [1.29, 1.82) is 0 Å². The highest BCUT2D eigenvalue weighted by Gasteiger charge is 2.05. The van der Waals surface area contributed by atoms with Crippen LogP contribution in [0.5, 0.6) is 0 Å². The Hall–Kier alpha value is -1.14. The van der Waals surface area contributed by atoms with Crippen LogP contribution >= 0.6 is 23.1 Å². The molecule has 0 aromatic carbocycles. The first-order chi connectivity index (χ1) is 7.31. The molecule has 2 rings (SSSR count). The van der Waals surface area contributed by atoms with E-state index in [4.69, 9.17) is 0 Å². The molecule has 0 saturated carbocycles. The normalized spacial score (nSPS) is 11.3. The smallest absolute Gasteiger partial charge is 0.192 e. The first kappa shape index (κ1) is 10.4. The molecule has 0 aliphatic heterocycles. The van der Waals surface area contributed by atoms with Gasteiger partial charge in [0.2, 0.25) is 5.16 Å². The van der Waals surface area contributed by atoms with Crippen LogP contribution < -0.4 is 0 Å². The number of hydrogen-bond donors (Lipinski definition) is 0. The van der Waals surface area contributed by atoms with Gasteiger partial charge in [-0.1, -0.05) is 17.8 Å². The summed E-state index contributed by atoms with van der Waals surface area (Å²) in [6, 6.07) is 4.02. The van der Waals surface area contributed by atoms with Crippen LogP contribution in [0, 0.1) is 6.92 Å². The topological polar surface area (TPSA) is 43.1 Å². The number of nitrogens with zero attached hydrogens (tertiary/aromatic N) is 4. The summed E-state index contributed by atoms with van der Waals surface area (Å²) in [6.45, 7) is 1.89. The molecule has 15 heavy (non-hydrogen) atoms. The van der Waals surface area contributed by atoms with Crippen LogP contribution in [0.2, 0.25) is 0 Å². The summed E-state index contributed by atoms with van der Waals surface area (Å²) in [6.07, 6.45) is 3.78. The first-order valence-electron chi connectivity index (χ1n) is 4.35. The minimum absolute atomic E-state index is 0.798. The Bertz CT molecular complexity index is 458. The van der Waals surface area contributed by atoms with E-state index in [1.165, 1.54) is 11.8 Å². The van der Waals surface area contributed by atoms with Crippen molar-refractivity contribution < 1.29 is 0 Å². The second kappa shape index (κ2) is 4.59. The van der Waals surface area contributed by atoms with E-state index < -0.39 is 0 Å². The van der Waals surface area contributed by atoms with Gasteiger partial charge in [0, 0.05) is 4.88 Å². The summed E-state index contributed by atoms with van der Waals surface area (Å²) in [4.78, 5) is 1.12. The molecule has 0 saturated heterocycles. The van der Waals surface area contributed by atoms with Crippen LogP contribution in [0.25, 0.3) is 0 Å². The minimum Gasteiger partial charge on any atom is -0.192 e. The molecule has 0 spiro atoms. The van der Waals surface area contributed by atoms with E-state index in [-0.39, 0.29) is 0 Å². The van der Waals surface area contributed by atoms with E-state index in [0.717, 1.165) is 15.9 Å². The largest absolute Gasteiger partial charge is 0.211 e. The Labute approximate surface area is 96.0 Å². The molecule has 2 aromatic heterocycles. The van der Waals surface area contributed by atoms with E-state index in [1.807, 2.05) is 36.9 Å². The van der Waals surface area contributed by atoms with Crippen molar-refractivity contribution >= 4 is 29.3 Å². The lowest BCUT2D eigenvalue weighted by atomic mass is 10.5. The molecule has 0 fully saturated rings. The molecular formula is C9H10N4S2. The fourth-order valence-electron chi connectivity index (χ4n) is 1.08. The molecule has 0 amide bonds. The van der Waals surface area contributed by atoms with Gasteiger partial charge in [-0.05, 0) is 24.6 Å². The SMILES string of the molecule is CSc1nnc(C)n1/N=C\c1cccs1. The van der Waals surface area contributed by atoms with E-state index >= 15 is 0 Å². The van der Waals surface area contributed by atoms with Crippen LogP contribution in [0.15, 0.2) is 27.8 Å². The summed E-state index contributed by atoms with van der Waals surface area (Å²) in [5.74, 6) is 0.798. The zero-order chi connectivity index (χ0) is 10.7. The maximum atomic E-state index is 4.34. The van der Waals surface area contributed by atoms with Gasteiger partial charge in [-0.3, -0.25) is 0 Å². The average Bonchev–Trinajstić information content (AvgIpc) is 2.84. The summed E-state index contributed by atoms with van der Waals surface area (Å²) in [5.41, 5.74) is 0. The van der Waals surface area contributed by atoms with Crippen LogP contribution in [-0.4, -0.2) is 27.3 Å². The lowest BCUT2D eigenvalue weighted by Gasteiger charge is -1.97. The average molecular weight is 238 g/mol. The maximum Gasteiger partial charge on any atom is 0.211 e.